The number of carbonyl (C=O) groups excluding carboxylic acids is 1. The summed E-state index contributed by atoms with van der Waals surface area (Å²) in [5.74, 6) is 0.391. The molecule has 0 saturated heterocycles. The normalized spacial score (nSPS) is 11.2. The van der Waals surface area contributed by atoms with Crippen molar-refractivity contribution >= 4 is 27.7 Å². The first-order chi connectivity index (χ1) is 14.7. The van der Waals surface area contributed by atoms with Crippen LogP contribution in [-0.2, 0) is 6.54 Å². The Balaban J connectivity index is 1.77. The average molecular weight is 396 g/mol. The second-order valence-electron chi connectivity index (χ2n) is 7.24. The van der Waals surface area contributed by atoms with Crippen LogP contribution in [0.25, 0.3) is 32.9 Å². The molecule has 0 unspecified atom stereocenters. The minimum absolute atomic E-state index is 0.429. The molecule has 2 aromatic heterocycles. The number of carbonyl (C=O) groups is 1. The fourth-order valence-electron chi connectivity index (χ4n) is 4.05. The number of nitrogens with zero attached hydrogens (tertiary/aromatic N) is 1. The lowest BCUT2D eigenvalue weighted by Crippen LogP contribution is -2.11. The largest absolute Gasteiger partial charge is 0.497 e. The van der Waals surface area contributed by atoms with Crippen molar-refractivity contribution in [3.8, 4) is 16.9 Å². The Kier molecular flexibility index (Phi) is 4.29. The van der Waals surface area contributed by atoms with Crippen LogP contribution in [0, 0.1) is 0 Å². The topological polar surface area (TPSA) is 70.4 Å². The Labute approximate surface area is 173 Å². The van der Waals surface area contributed by atoms with Crippen molar-refractivity contribution in [1.29, 1.82) is 0 Å². The SMILES string of the molecule is COc1ccc(-c2ccc3c4c(C(N)=O)cccc4n(Cc4ccoc4)c3c2)cc1. The molecule has 5 nitrogen and oxygen atoms in total. The van der Waals surface area contributed by atoms with E-state index in [1.54, 1.807) is 25.7 Å². The van der Waals surface area contributed by atoms with Crippen LogP contribution >= 0.6 is 0 Å². The van der Waals surface area contributed by atoms with Crippen molar-refractivity contribution in [2.24, 2.45) is 5.73 Å². The number of benzene rings is 3. The Morgan fingerprint density at radius 3 is 2.50 bits per heavy atom. The predicted molar refractivity (Wildman–Crippen MR) is 118 cm³/mol. The predicted octanol–water partition coefficient (Wildman–Crippen LogP) is 5.21. The molecule has 0 saturated carbocycles. The zero-order chi connectivity index (χ0) is 20.7. The minimum atomic E-state index is -0.429. The third-order valence-electron chi connectivity index (χ3n) is 5.50. The summed E-state index contributed by atoms with van der Waals surface area (Å²) in [5.41, 5.74) is 11.4. The van der Waals surface area contributed by atoms with E-state index in [2.05, 4.69) is 22.8 Å². The molecule has 148 valence electrons. The highest BCUT2D eigenvalue weighted by Crippen LogP contribution is 2.35. The Bertz CT molecular complexity index is 1360. The van der Waals surface area contributed by atoms with E-state index in [1.807, 2.05) is 42.5 Å². The maximum absolute atomic E-state index is 12.1. The average Bonchev–Trinajstić information content (AvgIpc) is 3.40. The van der Waals surface area contributed by atoms with E-state index in [4.69, 9.17) is 14.9 Å². The molecule has 0 aliphatic rings. The molecule has 5 heteroatoms. The second-order valence-corrected chi connectivity index (χ2v) is 7.24. The van der Waals surface area contributed by atoms with Gasteiger partial charge in [-0.2, -0.15) is 0 Å². The summed E-state index contributed by atoms with van der Waals surface area (Å²) in [6.07, 6.45) is 3.41. The smallest absolute Gasteiger partial charge is 0.249 e. The molecular weight excluding hydrogens is 376 g/mol. The van der Waals surface area contributed by atoms with Crippen molar-refractivity contribution in [1.82, 2.24) is 4.57 Å². The molecule has 2 heterocycles. The lowest BCUT2D eigenvalue weighted by Gasteiger charge is -2.08. The van der Waals surface area contributed by atoms with Gasteiger partial charge in [0.1, 0.15) is 5.75 Å². The summed E-state index contributed by atoms with van der Waals surface area (Å²) < 4.78 is 12.7. The molecule has 5 rings (SSSR count). The van der Waals surface area contributed by atoms with Gasteiger partial charge in [0.2, 0.25) is 5.91 Å². The highest BCUT2D eigenvalue weighted by Gasteiger charge is 2.17. The van der Waals surface area contributed by atoms with Crippen molar-refractivity contribution in [2.75, 3.05) is 7.11 Å². The van der Waals surface area contributed by atoms with Gasteiger partial charge < -0.3 is 19.5 Å². The molecule has 0 atom stereocenters. The summed E-state index contributed by atoms with van der Waals surface area (Å²) in [5, 5.41) is 1.88. The molecule has 0 radical (unpaired) electrons. The number of hydrogen-bond donors (Lipinski definition) is 1. The third kappa shape index (κ3) is 2.92. The molecule has 5 aromatic rings. The molecule has 0 fully saturated rings. The van der Waals surface area contributed by atoms with Gasteiger partial charge in [-0.1, -0.05) is 30.3 Å². The van der Waals surface area contributed by atoms with E-state index in [1.165, 1.54) is 0 Å². The van der Waals surface area contributed by atoms with Crippen LogP contribution in [0.1, 0.15) is 15.9 Å². The number of furan rings is 1. The maximum Gasteiger partial charge on any atom is 0.249 e. The lowest BCUT2D eigenvalue weighted by molar-refractivity contribution is 0.100. The first-order valence-electron chi connectivity index (χ1n) is 9.66. The number of fused-ring (bicyclic) bond motifs is 3. The number of aromatic nitrogens is 1. The van der Waals surface area contributed by atoms with E-state index >= 15 is 0 Å². The minimum Gasteiger partial charge on any atom is -0.497 e. The molecule has 2 N–H and O–H groups in total. The van der Waals surface area contributed by atoms with Gasteiger partial charge in [0.15, 0.2) is 0 Å². The van der Waals surface area contributed by atoms with Crippen LogP contribution in [0.15, 0.2) is 83.7 Å². The van der Waals surface area contributed by atoms with Gasteiger partial charge >= 0.3 is 0 Å². The standard InChI is InChI=1S/C25H20N2O3/c1-29-19-8-5-17(6-9-19)18-7-10-20-23(13-18)27(14-16-11-12-30-15-16)22-4-2-3-21(24(20)22)25(26)28/h2-13,15H,14H2,1H3,(H2,26,28). The third-order valence-corrected chi connectivity index (χ3v) is 5.50. The molecular formula is C25H20N2O3. The van der Waals surface area contributed by atoms with Gasteiger partial charge in [-0.25, -0.2) is 0 Å². The molecule has 0 spiro atoms. The number of rotatable bonds is 5. The quantitative estimate of drug-likeness (QED) is 0.443. The van der Waals surface area contributed by atoms with Crippen LogP contribution in [0.3, 0.4) is 0 Å². The van der Waals surface area contributed by atoms with Crippen molar-refractivity contribution in [3.63, 3.8) is 0 Å². The summed E-state index contributed by atoms with van der Waals surface area (Å²) in [4.78, 5) is 12.1. The number of methoxy groups -OCH3 is 1. The Hall–Kier alpha value is -3.99. The Morgan fingerprint density at radius 1 is 1.00 bits per heavy atom. The number of amides is 1. The van der Waals surface area contributed by atoms with Crippen LogP contribution < -0.4 is 10.5 Å². The van der Waals surface area contributed by atoms with E-state index in [0.717, 1.165) is 44.2 Å². The molecule has 1 amide bonds. The lowest BCUT2D eigenvalue weighted by atomic mass is 10.0. The second kappa shape index (κ2) is 7.12. The van der Waals surface area contributed by atoms with Gasteiger partial charge in [-0.3, -0.25) is 4.79 Å². The molecule has 0 aliphatic carbocycles. The highest BCUT2D eigenvalue weighted by atomic mass is 16.5. The van der Waals surface area contributed by atoms with E-state index < -0.39 is 5.91 Å². The van der Waals surface area contributed by atoms with Crippen LogP contribution in [-0.4, -0.2) is 17.6 Å². The Morgan fingerprint density at radius 2 is 1.80 bits per heavy atom. The summed E-state index contributed by atoms with van der Waals surface area (Å²) in [6, 6.07) is 21.9. The van der Waals surface area contributed by atoms with Gasteiger partial charge in [0.05, 0.1) is 37.2 Å². The van der Waals surface area contributed by atoms with Crippen LogP contribution in [0.4, 0.5) is 0 Å². The summed E-state index contributed by atoms with van der Waals surface area (Å²) >= 11 is 0. The van der Waals surface area contributed by atoms with Crippen LogP contribution in [0.2, 0.25) is 0 Å². The molecule has 30 heavy (non-hydrogen) atoms. The fourth-order valence-corrected chi connectivity index (χ4v) is 4.05. The zero-order valence-corrected chi connectivity index (χ0v) is 16.5. The molecule has 0 bridgehead atoms. The monoisotopic (exact) mass is 396 g/mol. The first-order valence-corrected chi connectivity index (χ1v) is 9.66. The van der Waals surface area contributed by atoms with Gasteiger partial charge in [0.25, 0.3) is 0 Å². The molecule has 3 aromatic carbocycles. The van der Waals surface area contributed by atoms with Gasteiger partial charge in [-0.05, 0) is 47.5 Å². The fraction of sp³-hybridized carbons (Fsp3) is 0.0800. The van der Waals surface area contributed by atoms with E-state index in [0.29, 0.717) is 12.1 Å². The van der Waals surface area contributed by atoms with Crippen LogP contribution in [0.5, 0.6) is 5.75 Å². The van der Waals surface area contributed by atoms with E-state index in [9.17, 15) is 4.79 Å². The summed E-state index contributed by atoms with van der Waals surface area (Å²) in [7, 11) is 1.66. The molecule has 0 aliphatic heterocycles. The van der Waals surface area contributed by atoms with E-state index in [-0.39, 0.29) is 0 Å². The van der Waals surface area contributed by atoms with Crippen molar-refractivity contribution in [2.45, 2.75) is 6.54 Å². The van der Waals surface area contributed by atoms with Gasteiger partial charge in [-0.15, -0.1) is 0 Å². The van der Waals surface area contributed by atoms with Gasteiger partial charge in [0, 0.05) is 21.9 Å². The zero-order valence-electron chi connectivity index (χ0n) is 16.5. The summed E-state index contributed by atoms with van der Waals surface area (Å²) in [6.45, 7) is 0.630. The van der Waals surface area contributed by atoms with Crippen molar-refractivity contribution in [3.05, 3.63) is 90.4 Å². The number of primary amides is 1. The first kappa shape index (κ1) is 18.1. The van der Waals surface area contributed by atoms with Crippen molar-refractivity contribution < 1.29 is 13.9 Å². The number of ether oxygens (including phenoxy) is 1. The highest BCUT2D eigenvalue weighted by molar-refractivity contribution is 6.18. The number of hydrogen-bond acceptors (Lipinski definition) is 3. The maximum atomic E-state index is 12.1. The number of nitrogens with two attached hydrogens (primary N) is 1.